The molecule has 0 spiro atoms. The molecular weight excluding hydrogens is 274 g/mol. The molecular formula is C14H11N3O4. The van der Waals surface area contributed by atoms with Gasteiger partial charge >= 0.3 is 11.1 Å². The summed E-state index contributed by atoms with van der Waals surface area (Å²) in [5.74, 6) is 1.14. The molecule has 0 saturated carbocycles. The van der Waals surface area contributed by atoms with Gasteiger partial charge in [0, 0.05) is 18.5 Å². The highest BCUT2D eigenvalue weighted by Crippen LogP contribution is 2.31. The van der Waals surface area contributed by atoms with Gasteiger partial charge in [-0.25, -0.2) is 0 Å². The molecule has 3 rings (SSSR count). The van der Waals surface area contributed by atoms with Crippen molar-refractivity contribution in [2.24, 2.45) is 0 Å². The number of ether oxygens (including phenoxy) is 2. The van der Waals surface area contributed by atoms with Gasteiger partial charge in [0.15, 0.2) is 11.5 Å². The van der Waals surface area contributed by atoms with Gasteiger partial charge in [-0.3, -0.25) is 18.7 Å². The van der Waals surface area contributed by atoms with E-state index < -0.39 is 11.1 Å². The Hall–Kier alpha value is -3.01. The number of fused-ring (bicyclic) bond motifs is 1. The van der Waals surface area contributed by atoms with Crippen molar-refractivity contribution in [2.45, 2.75) is 6.54 Å². The Labute approximate surface area is 119 Å². The standard InChI is InChI=1S/C14H11N3O4/c15-3-4-16-5-6-17(14(19)13(16)18)10-1-2-11-12(9-10)21-8-7-20-11/h1-2,5-6,9H,4,7-8H2. The summed E-state index contributed by atoms with van der Waals surface area (Å²) in [6, 6.07) is 6.83. The fourth-order valence-electron chi connectivity index (χ4n) is 2.09. The van der Waals surface area contributed by atoms with Gasteiger partial charge in [-0.15, -0.1) is 0 Å². The van der Waals surface area contributed by atoms with Crippen molar-refractivity contribution in [2.75, 3.05) is 13.2 Å². The van der Waals surface area contributed by atoms with E-state index in [-0.39, 0.29) is 6.54 Å². The van der Waals surface area contributed by atoms with Crippen LogP contribution in [0.25, 0.3) is 5.69 Å². The van der Waals surface area contributed by atoms with E-state index in [0.717, 1.165) is 4.57 Å². The smallest absolute Gasteiger partial charge is 0.321 e. The van der Waals surface area contributed by atoms with Crippen LogP contribution in [0.2, 0.25) is 0 Å². The van der Waals surface area contributed by atoms with Crippen molar-refractivity contribution in [3.8, 4) is 23.3 Å². The molecule has 0 atom stereocenters. The number of aromatic nitrogens is 2. The summed E-state index contributed by atoms with van der Waals surface area (Å²) in [5, 5.41) is 8.60. The normalized spacial score (nSPS) is 12.7. The summed E-state index contributed by atoms with van der Waals surface area (Å²) in [5.41, 5.74) is -0.955. The zero-order valence-electron chi connectivity index (χ0n) is 11.0. The minimum Gasteiger partial charge on any atom is -0.486 e. The van der Waals surface area contributed by atoms with E-state index >= 15 is 0 Å². The molecule has 7 heteroatoms. The fraction of sp³-hybridized carbons (Fsp3) is 0.214. The van der Waals surface area contributed by atoms with Crippen LogP contribution in [0, 0.1) is 11.3 Å². The van der Waals surface area contributed by atoms with Crippen molar-refractivity contribution in [3.63, 3.8) is 0 Å². The summed E-state index contributed by atoms with van der Waals surface area (Å²) in [6.07, 6.45) is 2.86. The van der Waals surface area contributed by atoms with E-state index in [4.69, 9.17) is 14.7 Å². The van der Waals surface area contributed by atoms with Crippen LogP contribution < -0.4 is 20.6 Å². The summed E-state index contributed by atoms with van der Waals surface area (Å²) < 4.78 is 13.1. The molecule has 21 heavy (non-hydrogen) atoms. The predicted molar refractivity (Wildman–Crippen MR) is 72.9 cm³/mol. The molecule has 1 aromatic carbocycles. The maximum absolute atomic E-state index is 12.1. The van der Waals surface area contributed by atoms with Gasteiger partial charge in [0.05, 0.1) is 11.8 Å². The number of nitriles is 1. The lowest BCUT2D eigenvalue weighted by atomic mass is 10.2. The lowest BCUT2D eigenvalue weighted by molar-refractivity contribution is 0.171. The first-order valence-electron chi connectivity index (χ1n) is 6.30. The number of hydrogen-bond donors (Lipinski definition) is 0. The molecule has 0 saturated heterocycles. The first-order chi connectivity index (χ1) is 10.2. The lowest BCUT2D eigenvalue weighted by Gasteiger charge is -2.19. The van der Waals surface area contributed by atoms with E-state index in [1.54, 1.807) is 18.2 Å². The first kappa shape index (κ1) is 13.0. The molecule has 0 amide bonds. The second-order valence-corrected chi connectivity index (χ2v) is 4.39. The Kier molecular flexibility index (Phi) is 3.20. The van der Waals surface area contributed by atoms with Gasteiger partial charge in [0.25, 0.3) is 0 Å². The molecule has 0 unspecified atom stereocenters. The molecule has 0 radical (unpaired) electrons. The van der Waals surface area contributed by atoms with Gasteiger partial charge in [-0.1, -0.05) is 0 Å². The molecule has 106 valence electrons. The Morgan fingerprint density at radius 2 is 1.86 bits per heavy atom. The Bertz CT molecular complexity index is 845. The third-order valence-electron chi connectivity index (χ3n) is 3.10. The predicted octanol–water partition coefficient (Wildman–Crippen LogP) is 0.294. The third kappa shape index (κ3) is 2.27. The van der Waals surface area contributed by atoms with E-state index in [9.17, 15) is 9.59 Å². The molecule has 2 heterocycles. The van der Waals surface area contributed by atoms with Gasteiger partial charge in [-0.2, -0.15) is 5.26 Å². The molecule has 0 aliphatic carbocycles. The van der Waals surface area contributed by atoms with Crippen LogP contribution in [0.5, 0.6) is 11.5 Å². The van der Waals surface area contributed by atoms with Crippen LogP contribution in [-0.2, 0) is 6.54 Å². The van der Waals surface area contributed by atoms with Gasteiger partial charge in [0.1, 0.15) is 19.8 Å². The highest BCUT2D eigenvalue weighted by Gasteiger charge is 2.14. The average molecular weight is 285 g/mol. The van der Waals surface area contributed by atoms with E-state index in [2.05, 4.69) is 0 Å². The van der Waals surface area contributed by atoms with Crippen LogP contribution in [0.15, 0.2) is 40.2 Å². The van der Waals surface area contributed by atoms with Crippen molar-refractivity contribution in [1.82, 2.24) is 9.13 Å². The monoisotopic (exact) mass is 285 g/mol. The van der Waals surface area contributed by atoms with Crippen LogP contribution >= 0.6 is 0 Å². The quantitative estimate of drug-likeness (QED) is 0.740. The zero-order valence-corrected chi connectivity index (χ0v) is 11.0. The maximum atomic E-state index is 12.1. The summed E-state index contributed by atoms with van der Waals surface area (Å²) >= 11 is 0. The Balaban J connectivity index is 2.09. The Morgan fingerprint density at radius 1 is 1.10 bits per heavy atom. The number of hydrogen-bond acceptors (Lipinski definition) is 5. The number of benzene rings is 1. The summed E-state index contributed by atoms with van der Waals surface area (Å²) in [7, 11) is 0. The Morgan fingerprint density at radius 3 is 2.62 bits per heavy atom. The zero-order chi connectivity index (χ0) is 14.8. The molecule has 1 aliphatic rings. The topological polar surface area (TPSA) is 86.2 Å². The summed E-state index contributed by atoms with van der Waals surface area (Å²) in [4.78, 5) is 23.9. The average Bonchev–Trinajstić information content (AvgIpc) is 2.52. The highest BCUT2D eigenvalue weighted by atomic mass is 16.6. The fourth-order valence-corrected chi connectivity index (χ4v) is 2.09. The minimum atomic E-state index is -0.742. The van der Waals surface area contributed by atoms with Crippen molar-refractivity contribution >= 4 is 0 Å². The van der Waals surface area contributed by atoms with E-state index in [1.165, 1.54) is 17.0 Å². The van der Waals surface area contributed by atoms with E-state index in [1.807, 2.05) is 6.07 Å². The molecule has 0 fully saturated rings. The van der Waals surface area contributed by atoms with Crippen molar-refractivity contribution < 1.29 is 9.47 Å². The first-order valence-corrected chi connectivity index (χ1v) is 6.30. The van der Waals surface area contributed by atoms with E-state index in [0.29, 0.717) is 30.4 Å². The summed E-state index contributed by atoms with van der Waals surface area (Å²) in [6.45, 7) is 0.766. The van der Waals surface area contributed by atoms with Crippen LogP contribution in [0.4, 0.5) is 0 Å². The largest absolute Gasteiger partial charge is 0.486 e. The minimum absolute atomic E-state index is 0.157. The van der Waals surface area contributed by atoms with Crippen molar-refractivity contribution in [1.29, 1.82) is 5.26 Å². The molecule has 1 aromatic heterocycles. The van der Waals surface area contributed by atoms with Crippen molar-refractivity contribution in [3.05, 3.63) is 51.3 Å². The van der Waals surface area contributed by atoms with Crippen LogP contribution in [-0.4, -0.2) is 22.3 Å². The second kappa shape index (κ2) is 5.17. The SMILES string of the molecule is N#CCn1ccn(-c2ccc3c(c2)OCCO3)c(=O)c1=O. The lowest BCUT2D eigenvalue weighted by Crippen LogP contribution is -2.39. The number of rotatable bonds is 2. The molecule has 0 N–H and O–H groups in total. The molecule has 2 aromatic rings. The second-order valence-electron chi connectivity index (χ2n) is 4.39. The van der Waals surface area contributed by atoms with Gasteiger partial charge < -0.3 is 9.47 Å². The third-order valence-corrected chi connectivity index (χ3v) is 3.10. The van der Waals surface area contributed by atoms with Gasteiger partial charge in [0.2, 0.25) is 0 Å². The molecule has 1 aliphatic heterocycles. The number of nitrogens with zero attached hydrogens (tertiary/aromatic N) is 3. The van der Waals surface area contributed by atoms with Crippen LogP contribution in [0.3, 0.4) is 0 Å². The van der Waals surface area contributed by atoms with Gasteiger partial charge in [-0.05, 0) is 12.1 Å². The molecule has 7 nitrogen and oxygen atoms in total. The maximum Gasteiger partial charge on any atom is 0.321 e. The van der Waals surface area contributed by atoms with Crippen LogP contribution in [0.1, 0.15) is 0 Å². The highest BCUT2D eigenvalue weighted by molar-refractivity contribution is 5.49. The molecule has 0 bridgehead atoms.